The Morgan fingerprint density at radius 1 is 1.44 bits per heavy atom. The molecule has 1 aromatic rings. The van der Waals surface area contributed by atoms with Crippen molar-refractivity contribution in [2.45, 2.75) is 17.9 Å². The van der Waals surface area contributed by atoms with Crippen LogP contribution in [0.2, 0.25) is 0 Å². The van der Waals surface area contributed by atoms with Crippen molar-refractivity contribution in [3.8, 4) is 0 Å². The molecule has 1 N–H and O–H groups in total. The van der Waals surface area contributed by atoms with Crippen molar-refractivity contribution in [2.75, 3.05) is 7.11 Å². The normalized spacial score (nSPS) is 13.7. The summed E-state index contributed by atoms with van der Waals surface area (Å²) in [7, 11) is -0.244. The van der Waals surface area contributed by atoms with Crippen LogP contribution in [-0.4, -0.2) is 33.6 Å². The van der Waals surface area contributed by atoms with Gasteiger partial charge in [-0.15, -0.1) is 0 Å². The number of carbonyl (C=O) groups is 2. The number of hydrogen-bond donors (Lipinski definition) is 1. The number of carboxylic acid groups (broad SMARTS) is 1. The number of carbonyl (C=O) groups excluding carboxylic acids is 1. The molecule has 0 aliphatic rings. The fraction of sp³-hybridized carbons (Fsp3) is 0.333. The summed E-state index contributed by atoms with van der Waals surface area (Å²) < 4.78 is 16.3. The monoisotopic (exact) mass is 270 g/mol. The molecule has 0 aliphatic carbocycles. The molecule has 0 fully saturated rings. The minimum atomic E-state index is -1.52. The Hall–Kier alpha value is -1.69. The second kappa shape index (κ2) is 6.30. The van der Waals surface area contributed by atoms with Gasteiger partial charge in [0.15, 0.2) is 0 Å². The lowest BCUT2D eigenvalue weighted by molar-refractivity contribution is -0.136. The summed E-state index contributed by atoms with van der Waals surface area (Å²) >= 11 is 0. The highest BCUT2D eigenvalue weighted by atomic mass is 32.2. The van der Waals surface area contributed by atoms with E-state index >= 15 is 0 Å². The number of methoxy groups -OCH3 is 1. The molecule has 0 saturated carbocycles. The van der Waals surface area contributed by atoms with Gasteiger partial charge in [0.2, 0.25) is 0 Å². The smallest absolute Gasteiger partial charge is 0.337 e. The zero-order valence-corrected chi connectivity index (χ0v) is 10.9. The summed E-state index contributed by atoms with van der Waals surface area (Å²) in [5.41, 5.74) is 0.999. The zero-order valence-electron chi connectivity index (χ0n) is 10.1. The summed E-state index contributed by atoms with van der Waals surface area (Å²) in [5, 5.41) is 7.81. The standard InChI is InChI=1S/C12H14O5S/c1-8(11(13)14)18(16)7-9-4-3-5-10(6-9)12(15)17-2/h3-6,8H,7H2,1-2H3,(H,13,14). The Labute approximate surface area is 107 Å². The van der Waals surface area contributed by atoms with Crippen LogP contribution in [0.3, 0.4) is 0 Å². The second-order valence-electron chi connectivity index (χ2n) is 3.70. The zero-order chi connectivity index (χ0) is 13.7. The van der Waals surface area contributed by atoms with Crippen LogP contribution < -0.4 is 0 Å². The Morgan fingerprint density at radius 2 is 2.11 bits per heavy atom. The van der Waals surface area contributed by atoms with Gasteiger partial charge in [0, 0.05) is 16.6 Å². The lowest BCUT2D eigenvalue weighted by atomic mass is 10.1. The van der Waals surface area contributed by atoms with Gasteiger partial charge in [-0.3, -0.25) is 9.00 Å². The van der Waals surface area contributed by atoms with E-state index in [4.69, 9.17) is 5.11 Å². The molecular formula is C12H14O5S. The first-order chi connectivity index (χ1) is 8.45. The number of esters is 1. The van der Waals surface area contributed by atoms with Crippen molar-refractivity contribution in [1.82, 2.24) is 0 Å². The maximum Gasteiger partial charge on any atom is 0.337 e. The molecule has 2 atom stereocenters. The van der Waals surface area contributed by atoms with Gasteiger partial charge in [-0.1, -0.05) is 12.1 Å². The molecule has 1 aromatic carbocycles. The number of benzene rings is 1. The van der Waals surface area contributed by atoms with E-state index in [0.29, 0.717) is 11.1 Å². The van der Waals surface area contributed by atoms with Crippen molar-refractivity contribution in [3.63, 3.8) is 0 Å². The molecular weight excluding hydrogens is 256 g/mol. The summed E-state index contributed by atoms with van der Waals surface area (Å²) in [4.78, 5) is 22.0. The van der Waals surface area contributed by atoms with E-state index in [1.807, 2.05) is 0 Å². The van der Waals surface area contributed by atoms with Gasteiger partial charge in [-0.25, -0.2) is 4.79 Å². The van der Waals surface area contributed by atoms with Crippen LogP contribution >= 0.6 is 0 Å². The van der Waals surface area contributed by atoms with E-state index in [-0.39, 0.29) is 5.75 Å². The third-order valence-electron chi connectivity index (χ3n) is 2.40. The van der Waals surface area contributed by atoms with Crippen LogP contribution in [0.1, 0.15) is 22.8 Å². The molecule has 18 heavy (non-hydrogen) atoms. The van der Waals surface area contributed by atoms with Crippen LogP contribution in [0.15, 0.2) is 24.3 Å². The van der Waals surface area contributed by atoms with Crippen molar-refractivity contribution in [1.29, 1.82) is 0 Å². The molecule has 0 saturated heterocycles. The molecule has 98 valence electrons. The highest BCUT2D eigenvalue weighted by Gasteiger charge is 2.19. The largest absolute Gasteiger partial charge is 0.480 e. The van der Waals surface area contributed by atoms with E-state index in [1.165, 1.54) is 14.0 Å². The first-order valence-corrected chi connectivity index (χ1v) is 6.61. The van der Waals surface area contributed by atoms with E-state index in [2.05, 4.69) is 4.74 Å². The summed E-state index contributed by atoms with van der Waals surface area (Å²) in [6.07, 6.45) is 0. The van der Waals surface area contributed by atoms with Gasteiger partial charge in [-0.2, -0.15) is 0 Å². The van der Waals surface area contributed by atoms with Crippen molar-refractivity contribution < 1.29 is 23.6 Å². The third-order valence-corrected chi connectivity index (χ3v) is 4.01. The molecule has 0 bridgehead atoms. The Morgan fingerprint density at radius 3 is 2.67 bits per heavy atom. The first kappa shape index (κ1) is 14.4. The average Bonchev–Trinajstić information content (AvgIpc) is 2.36. The molecule has 0 aromatic heterocycles. The third kappa shape index (κ3) is 3.66. The second-order valence-corrected chi connectivity index (χ2v) is 5.45. The molecule has 6 heteroatoms. The average molecular weight is 270 g/mol. The Kier molecular flexibility index (Phi) is 5.03. The molecule has 2 unspecified atom stereocenters. The van der Waals surface area contributed by atoms with Crippen molar-refractivity contribution in [3.05, 3.63) is 35.4 Å². The molecule has 0 radical (unpaired) electrons. The number of carboxylic acids is 1. The molecule has 0 aliphatic heterocycles. The van der Waals surface area contributed by atoms with Gasteiger partial charge < -0.3 is 9.84 Å². The van der Waals surface area contributed by atoms with E-state index in [1.54, 1.807) is 24.3 Å². The molecule has 1 rings (SSSR count). The number of rotatable bonds is 5. The Balaban J connectivity index is 2.82. The maximum atomic E-state index is 11.7. The molecule has 0 heterocycles. The van der Waals surface area contributed by atoms with Crippen LogP contribution in [-0.2, 0) is 26.1 Å². The summed E-state index contributed by atoms with van der Waals surface area (Å²) in [5.74, 6) is -1.48. The lowest BCUT2D eigenvalue weighted by Gasteiger charge is -2.07. The SMILES string of the molecule is COC(=O)c1cccc(CS(=O)C(C)C(=O)O)c1. The van der Waals surface area contributed by atoms with Gasteiger partial charge in [0.05, 0.1) is 12.7 Å². The molecule has 0 amide bonds. The van der Waals surface area contributed by atoms with E-state index in [9.17, 15) is 13.8 Å². The van der Waals surface area contributed by atoms with Crippen LogP contribution in [0.5, 0.6) is 0 Å². The van der Waals surface area contributed by atoms with Crippen LogP contribution in [0.4, 0.5) is 0 Å². The predicted octanol–water partition coefficient (Wildman–Crippen LogP) is 1.20. The Bertz CT molecular complexity index is 483. The topological polar surface area (TPSA) is 80.7 Å². The van der Waals surface area contributed by atoms with E-state index in [0.717, 1.165) is 0 Å². The summed E-state index contributed by atoms with van der Waals surface area (Å²) in [6.45, 7) is 1.39. The van der Waals surface area contributed by atoms with Crippen molar-refractivity contribution >= 4 is 22.7 Å². The predicted molar refractivity (Wildman–Crippen MR) is 66.7 cm³/mol. The fourth-order valence-corrected chi connectivity index (χ4v) is 2.29. The lowest BCUT2D eigenvalue weighted by Crippen LogP contribution is -2.22. The highest BCUT2D eigenvalue weighted by molar-refractivity contribution is 7.85. The minimum absolute atomic E-state index is 0.0955. The number of hydrogen-bond acceptors (Lipinski definition) is 4. The van der Waals surface area contributed by atoms with E-state index < -0.39 is 28.0 Å². The number of ether oxygens (including phenoxy) is 1. The van der Waals surface area contributed by atoms with Gasteiger partial charge in [0.25, 0.3) is 0 Å². The number of aliphatic carboxylic acids is 1. The summed E-state index contributed by atoms with van der Waals surface area (Å²) in [6, 6.07) is 6.47. The quantitative estimate of drug-likeness (QED) is 0.813. The van der Waals surface area contributed by atoms with Gasteiger partial charge in [0.1, 0.15) is 5.25 Å². The minimum Gasteiger partial charge on any atom is -0.480 e. The maximum absolute atomic E-state index is 11.7. The van der Waals surface area contributed by atoms with Gasteiger partial charge in [-0.05, 0) is 24.6 Å². The van der Waals surface area contributed by atoms with Gasteiger partial charge >= 0.3 is 11.9 Å². The molecule has 0 spiro atoms. The highest BCUT2D eigenvalue weighted by Crippen LogP contribution is 2.11. The first-order valence-electron chi connectivity index (χ1n) is 5.23. The molecule has 5 nitrogen and oxygen atoms in total. The fourth-order valence-electron chi connectivity index (χ4n) is 1.31. The van der Waals surface area contributed by atoms with Crippen LogP contribution in [0, 0.1) is 0 Å². The van der Waals surface area contributed by atoms with Crippen LogP contribution in [0.25, 0.3) is 0 Å². The van der Waals surface area contributed by atoms with Crippen molar-refractivity contribution in [2.24, 2.45) is 0 Å².